The van der Waals surface area contributed by atoms with Gasteiger partial charge in [0.25, 0.3) is 0 Å². The van der Waals surface area contributed by atoms with Crippen LogP contribution in [0.5, 0.6) is 0 Å². The van der Waals surface area contributed by atoms with E-state index < -0.39 is 0 Å². The molecule has 3 heterocycles. The lowest BCUT2D eigenvalue weighted by Crippen LogP contribution is -2.18. The normalized spacial score (nSPS) is 13.5. The Balaban J connectivity index is 1.35. The lowest BCUT2D eigenvalue weighted by Gasteiger charge is -2.21. The molecule has 4 nitrogen and oxygen atoms in total. The molecule has 0 N–H and O–H groups in total. The van der Waals surface area contributed by atoms with Crippen LogP contribution in [0.2, 0.25) is 0 Å². The molecular formula is C43H30N4. The fourth-order valence-electron chi connectivity index (χ4n) is 7.94. The monoisotopic (exact) mass is 602 g/mol. The zero-order valence-electron chi connectivity index (χ0n) is 26.1. The molecule has 0 radical (unpaired) electrons. The minimum Gasteiger partial charge on any atom is -0.309 e. The fourth-order valence-corrected chi connectivity index (χ4v) is 7.94. The van der Waals surface area contributed by atoms with Crippen molar-refractivity contribution in [3.63, 3.8) is 0 Å². The molecule has 4 heteroatoms. The Morgan fingerprint density at radius 3 is 1.79 bits per heavy atom. The zero-order valence-corrected chi connectivity index (χ0v) is 26.1. The van der Waals surface area contributed by atoms with Crippen LogP contribution in [0.25, 0.3) is 77.6 Å². The molecule has 3 aromatic heterocycles. The van der Waals surface area contributed by atoms with Crippen molar-refractivity contribution in [3.8, 4) is 34.0 Å². The summed E-state index contributed by atoms with van der Waals surface area (Å²) in [5, 5.41) is 4.85. The van der Waals surface area contributed by atoms with E-state index in [2.05, 4.69) is 169 Å². The summed E-state index contributed by atoms with van der Waals surface area (Å²) in [7, 11) is 0. The molecule has 0 saturated heterocycles. The topological polar surface area (TPSA) is 35.6 Å². The highest BCUT2D eigenvalue weighted by atomic mass is 15.2. The fraction of sp³-hybridized carbons (Fsp3) is 0.0698. The van der Waals surface area contributed by atoms with Crippen molar-refractivity contribution in [2.45, 2.75) is 19.3 Å². The Kier molecular flexibility index (Phi) is 5.31. The van der Waals surface area contributed by atoms with Crippen LogP contribution in [0.15, 0.2) is 146 Å². The molecule has 9 aromatic rings. The Hall–Kier alpha value is -6.00. The quantitative estimate of drug-likeness (QED) is 0.202. The van der Waals surface area contributed by atoms with Gasteiger partial charge in [0.2, 0.25) is 5.95 Å². The third kappa shape index (κ3) is 3.58. The van der Waals surface area contributed by atoms with Crippen LogP contribution in [-0.4, -0.2) is 19.1 Å². The molecule has 0 aliphatic heterocycles. The van der Waals surface area contributed by atoms with Crippen LogP contribution < -0.4 is 0 Å². The van der Waals surface area contributed by atoms with E-state index >= 15 is 0 Å². The SMILES string of the molecule is CC1(C)c2ccccc2-c2c(-c3ccccc3)nc(-n3c4ccccc4c4cc5c6ccccc6n(-c6ccccc6)c5cc43)nc21. The summed E-state index contributed by atoms with van der Waals surface area (Å²) < 4.78 is 4.66. The van der Waals surface area contributed by atoms with E-state index in [4.69, 9.17) is 9.97 Å². The third-order valence-corrected chi connectivity index (χ3v) is 10.1. The summed E-state index contributed by atoms with van der Waals surface area (Å²) in [6, 6.07) is 52.0. The summed E-state index contributed by atoms with van der Waals surface area (Å²) in [5.74, 6) is 0.691. The summed E-state index contributed by atoms with van der Waals surface area (Å²) in [6.45, 7) is 4.58. The second-order valence-electron chi connectivity index (χ2n) is 13.1. The summed E-state index contributed by atoms with van der Waals surface area (Å²) >= 11 is 0. The molecule has 0 spiro atoms. The van der Waals surface area contributed by atoms with E-state index in [0.29, 0.717) is 5.95 Å². The van der Waals surface area contributed by atoms with Gasteiger partial charge >= 0.3 is 0 Å². The minimum absolute atomic E-state index is 0.279. The van der Waals surface area contributed by atoms with Crippen LogP contribution in [0.4, 0.5) is 0 Å². The molecule has 0 fully saturated rings. The number of nitrogens with zero attached hydrogens (tertiary/aromatic N) is 4. The molecule has 0 amide bonds. The first-order valence-corrected chi connectivity index (χ1v) is 16.2. The average molecular weight is 603 g/mol. The Bertz CT molecular complexity index is 2700. The maximum atomic E-state index is 5.50. The highest BCUT2D eigenvalue weighted by molar-refractivity contribution is 6.19. The number of rotatable bonds is 3. The maximum Gasteiger partial charge on any atom is 0.235 e. The van der Waals surface area contributed by atoms with Crippen molar-refractivity contribution in [2.24, 2.45) is 0 Å². The number of aromatic nitrogens is 4. The van der Waals surface area contributed by atoms with Crippen LogP contribution in [0.3, 0.4) is 0 Å². The smallest absolute Gasteiger partial charge is 0.235 e. The van der Waals surface area contributed by atoms with E-state index in [9.17, 15) is 0 Å². The van der Waals surface area contributed by atoms with Gasteiger partial charge in [0.1, 0.15) is 0 Å². The molecule has 47 heavy (non-hydrogen) atoms. The van der Waals surface area contributed by atoms with Crippen LogP contribution in [-0.2, 0) is 5.41 Å². The van der Waals surface area contributed by atoms with Gasteiger partial charge in [-0.15, -0.1) is 0 Å². The van der Waals surface area contributed by atoms with E-state index in [0.717, 1.165) is 44.8 Å². The van der Waals surface area contributed by atoms with Gasteiger partial charge in [-0.3, -0.25) is 4.57 Å². The Morgan fingerprint density at radius 1 is 0.489 bits per heavy atom. The largest absolute Gasteiger partial charge is 0.309 e. The highest BCUT2D eigenvalue weighted by Gasteiger charge is 2.40. The van der Waals surface area contributed by atoms with Gasteiger partial charge in [-0.25, -0.2) is 9.97 Å². The van der Waals surface area contributed by atoms with E-state index in [1.807, 2.05) is 0 Å². The zero-order chi connectivity index (χ0) is 31.3. The van der Waals surface area contributed by atoms with E-state index in [1.54, 1.807) is 0 Å². The van der Waals surface area contributed by atoms with E-state index in [-0.39, 0.29) is 5.41 Å². The molecule has 1 aliphatic rings. The first kappa shape index (κ1) is 26.2. The Labute approximate surface area is 272 Å². The molecule has 222 valence electrons. The van der Waals surface area contributed by atoms with Crippen molar-refractivity contribution in [3.05, 3.63) is 157 Å². The lowest BCUT2D eigenvalue weighted by molar-refractivity contribution is 0.632. The number of fused-ring (bicyclic) bond motifs is 9. The van der Waals surface area contributed by atoms with Gasteiger partial charge < -0.3 is 4.57 Å². The van der Waals surface area contributed by atoms with Crippen molar-refractivity contribution in [1.29, 1.82) is 0 Å². The second kappa shape index (κ2) is 9.51. The van der Waals surface area contributed by atoms with Crippen molar-refractivity contribution < 1.29 is 0 Å². The van der Waals surface area contributed by atoms with Gasteiger partial charge in [-0.1, -0.05) is 123 Å². The molecule has 0 atom stereocenters. The number of benzene rings is 6. The molecule has 1 aliphatic carbocycles. The molecule has 0 bridgehead atoms. The molecular weight excluding hydrogens is 573 g/mol. The molecule has 0 unspecified atom stereocenters. The third-order valence-electron chi connectivity index (χ3n) is 10.1. The first-order chi connectivity index (χ1) is 23.1. The maximum absolute atomic E-state index is 5.50. The average Bonchev–Trinajstić information content (AvgIpc) is 3.70. The predicted molar refractivity (Wildman–Crippen MR) is 194 cm³/mol. The number of hydrogen-bond acceptors (Lipinski definition) is 2. The summed E-state index contributed by atoms with van der Waals surface area (Å²) in [6.07, 6.45) is 0. The minimum atomic E-state index is -0.279. The molecule has 0 saturated carbocycles. The van der Waals surface area contributed by atoms with Crippen LogP contribution in [0, 0.1) is 0 Å². The predicted octanol–water partition coefficient (Wildman–Crippen LogP) is 10.6. The van der Waals surface area contributed by atoms with Gasteiger partial charge in [-0.05, 0) is 47.5 Å². The number of hydrogen-bond donors (Lipinski definition) is 0. The van der Waals surface area contributed by atoms with Crippen LogP contribution in [0.1, 0.15) is 25.1 Å². The van der Waals surface area contributed by atoms with Gasteiger partial charge in [-0.2, -0.15) is 0 Å². The van der Waals surface area contributed by atoms with Gasteiger partial charge in [0.05, 0.1) is 33.5 Å². The van der Waals surface area contributed by atoms with Gasteiger partial charge in [0.15, 0.2) is 0 Å². The van der Waals surface area contributed by atoms with Crippen LogP contribution >= 0.6 is 0 Å². The summed E-state index contributed by atoms with van der Waals surface area (Å²) in [5.41, 5.74) is 12.2. The standard InChI is InChI=1S/C43H30N4/c1-43(2)34-22-12-9-21-31(34)39-40(27-15-5-3-6-16-27)44-42(45-41(39)43)47-36-24-14-11-20-30(36)33-25-32-29-19-10-13-23-35(29)46(37(32)26-38(33)47)28-17-7-4-8-18-28/h3-26H,1-2H3. The second-order valence-corrected chi connectivity index (χ2v) is 13.1. The molecule has 6 aromatic carbocycles. The number of para-hydroxylation sites is 3. The van der Waals surface area contributed by atoms with Crippen molar-refractivity contribution >= 4 is 43.6 Å². The Morgan fingerprint density at radius 2 is 1.06 bits per heavy atom. The van der Waals surface area contributed by atoms with Crippen molar-refractivity contribution in [1.82, 2.24) is 19.1 Å². The van der Waals surface area contributed by atoms with Gasteiger partial charge in [0, 0.05) is 43.8 Å². The van der Waals surface area contributed by atoms with Crippen molar-refractivity contribution in [2.75, 3.05) is 0 Å². The summed E-state index contributed by atoms with van der Waals surface area (Å²) in [4.78, 5) is 11.0. The first-order valence-electron chi connectivity index (χ1n) is 16.2. The highest BCUT2D eigenvalue weighted by Crippen LogP contribution is 2.51. The molecule has 10 rings (SSSR count). The lowest BCUT2D eigenvalue weighted by atomic mass is 9.85. The van der Waals surface area contributed by atoms with E-state index in [1.165, 1.54) is 38.2 Å².